The second kappa shape index (κ2) is 7.27. The Hall–Kier alpha value is -2.22. The number of hydrogen-bond donors (Lipinski definition) is 1. The second-order valence-electron chi connectivity index (χ2n) is 4.50. The summed E-state index contributed by atoms with van der Waals surface area (Å²) in [4.78, 5) is 11.5. The van der Waals surface area contributed by atoms with Gasteiger partial charge in [-0.1, -0.05) is 13.8 Å². The van der Waals surface area contributed by atoms with Crippen molar-refractivity contribution in [3.05, 3.63) is 23.8 Å². The molecular formula is C14H18N2O3. The fraction of sp³-hybridized carbons (Fsp3) is 0.429. The first-order valence-corrected chi connectivity index (χ1v) is 6.04. The molecular weight excluding hydrogens is 244 g/mol. The summed E-state index contributed by atoms with van der Waals surface area (Å²) in [6.07, 6.45) is 0. The highest BCUT2D eigenvalue weighted by atomic mass is 16.5. The lowest BCUT2D eigenvalue weighted by atomic mass is 10.2. The predicted octanol–water partition coefficient (Wildman–Crippen LogP) is 1.72. The Bertz CT molecular complexity index is 478. The maximum absolute atomic E-state index is 11.5. The van der Waals surface area contributed by atoms with Crippen molar-refractivity contribution in [3.63, 3.8) is 0 Å². The monoisotopic (exact) mass is 262 g/mol. The van der Waals surface area contributed by atoms with E-state index < -0.39 is 0 Å². The van der Waals surface area contributed by atoms with Gasteiger partial charge in [0, 0.05) is 12.6 Å². The van der Waals surface area contributed by atoms with Crippen molar-refractivity contribution >= 4 is 5.91 Å². The van der Waals surface area contributed by atoms with E-state index in [2.05, 4.69) is 5.32 Å². The van der Waals surface area contributed by atoms with Gasteiger partial charge in [-0.25, -0.2) is 0 Å². The number of nitrogens with one attached hydrogen (secondary N) is 1. The maximum Gasteiger partial charge on any atom is 0.257 e. The minimum absolute atomic E-state index is 0.0786. The van der Waals surface area contributed by atoms with Crippen LogP contribution in [0.5, 0.6) is 11.5 Å². The second-order valence-corrected chi connectivity index (χ2v) is 4.50. The Morgan fingerprint density at radius 1 is 1.37 bits per heavy atom. The molecule has 0 aliphatic heterocycles. The molecule has 102 valence electrons. The van der Waals surface area contributed by atoms with E-state index in [1.165, 1.54) is 7.11 Å². The highest BCUT2D eigenvalue weighted by Gasteiger charge is 2.06. The summed E-state index contributed by atoms with van der Waals surface area (Å²) in [6.45, 7) is 4.57. The number of amides is 1. The van der Waals surface area contributed by atoms with Gasteiger partial charge in [-0.05, 0) is 18.1 Å². The molecule has 0 bridgehead atoms. The van der Waals surface area contributed by atoms with E-state index in [0.717, 1.165) is 0 Å². The Morgan fingerprint density at radius 2 is 2.05 bits per heavy atom. The van der Waals surface area contributed by atoms with Crippen molar-refractivity contribution in [1.29, 1.82) is 5.26 Å². The first-order chi connectivity index (χ1) is 9.05. The molecule has 0 spiro atoms. The lowest BCUT2D eigenvalue weighted by Gasteiger charge is -2.10. The van der Waals surface area contributed by atoms with Crippen molar-refractivity contribution < 1.29 is 14.3 Å². The Labute approximate surface area is 113 Å². The third-order valence-corrected chi connectivity index (χ3v) is 2.32. The van der Waals surface area contributed by atoms with E-state index >= 15 is 0 Å². The molecule has 1 N–H and O–H groups in total. The summed E-state index contributed by atoms with van der Waals surface area (Å²) < 4.78 is 10.4. The number of carbonyl (C=O) groups excluding carboxylic acids is 1. The van der Waals surface area contributed by atoms with Crippen LogP contribution in [0.3, 0.4) is 0 Å². The van der Waals surface area contributed by atoms with Crippen LogP contribution < -0.4 is 14.8 Å². The van der Waals surface area contributed by atoms with E-state index in [4.69, 9.17) is 14.7 Å². The first kappa shape index (κ1) is 14.8. The van der Waals surface area contributed by atoms with Crippen LogP contribution in [0, 0.1) is 17.2 Å². The molecule has 0 saturated heterocycles. The van der Waals surface area contributed by atoms with Gasteiger partial charge >= 0.3 is 0 Å². The van der Waals surface area contributed by atoms with Crippen molar-refractivity contribution in [1.82, 2.24) is 5.32 Å². The summed E-state index contributed by atoms with van der Waals surface area (Å²) in [5.74, 6) is 1.17. The van der Waals surface area contributed by atoms with Crippen molar-refractivity contribution in [2.24, 2.45) is 5.92 Å². The fourth-order valence-electron chi connectivity index (χ4n) is 1.36. The lowest BCUT2D eigenvalue weighted by molar-refractivity contribution is -0.123. The van der Waals surface area contributed by atoms with Gasteiger partial charge in [0.05, 0.1) is 18.7 Å². The van der Waals surface area contributed by atoms with E-state index in [-0.39, 0.29) is 12.5 Å². The molecule has 0 radical (unpaired) electrons. The molecule has 0 aliphatic rings. The van der Waals surface area contributed by atoms with Crippen molar-refractivity contribution in [2.45, 2.75) is 13.8 Å². The average molecular weight is 262 g/mol. The van der Waals surface area contributed by atoms with Crippen LogP contribution >= 0.6 is 0 Å². The molecule has 1 amide bonds. The number of rotatable bonds is 6. The summed E-state index contributed by atoms with van der Waals surface area (Å²) in [7, 11) is 1.51. The number of benzene rings is 1. The number of carbonyl (C=O) groups is 1. The van der Waals surface area contributed by atoms with Crippen molar-refractivity contribution in [2.75, 3.05) is 20.3 Å². The number of nitriles is 1. The summed E-state index contributed by atoms with van der Waals surface area (Å²) in [5.41, 5.74) is 0.428. The summed E-state index contributed by atoms with van der Waals surface area (Å²) in [6, 6.07) is 6.82. The quantitative estimate of drug-likeness (QED) is 0.847. The van der Waals surface area contributed by atoms with E-state index in [1.54, 1.807) is 18.2 Å². The average Bonchev–Trinajstić information content (AvgIpc) is 2.42. The molecule has 0 aliphatic carbocycles. The SMILES string of the molecule is COc1cc(C#N)cc(OCC(=O)NCC(C)C)c1. The van der Waals surface area contributed by atoms with E-state index in [0.29, 0.717) is 29.5 Å². The van der Waals surface area contributed by atoms with Crippen LogP contribution in [-0.2, 0) is 4.79 Å². The number of methoxy groups -OCH3 is 1. The maximum atomic E-state index is 11.5. The number of nitrogens with zero attached hydrogens (tertiary/aromatic N) is 1. The Morgan fingerprint density at radius 3 is 2.63 bits per heavy atom. The highest BCUT2D eigenvalue weighted by molar-refractivity contribution is 5.77. The van der Waals surface area contributed by atoms with Crippen LogP contribution in [-0.4, -0.2) is 26.2 Å². The lowest BCUT2D eigenvalue weighted by Crippen LogP contribution is -2.31. The number of hydrogen-bond acceptors (Lipinski definition) is 4. The van der Waals surface area contributed by atoms with Gasteiger partial charge in [-0.15, -0.1) is 0 Å². The minimum atomic E-state index is -0.185. The van der Waals surface area contributed by atoms with Gasteiger partial charge in [-0.2, -0.15) is 5.26 Å². The van der Waals surface area contributed by atoms with Gasteiger partial charge in [-0.3, -0.25) is 4.79 Å². The number of ether oxygens (including phenoxy) is 2. The third-order valence-electron chi connectivity index (χ3n) is 2.32. The molecule has 0 unspecified atom stereocenters. The van der Waals surface area contributed by atoms with Crippen LogP contribution in [0.1, 0.15) is 19.4 Å². The normalized spacial score (nSPS) is 9.84. The van der Waals surface area contributed by atoms with Gasteiger partial charge < -0.3 is 14.8 Å². The van der Waals surface area contributed by atoms with Gasteiger partial charge in [0.15, 0.2) is 6.61 Å². The molecule has 0 fully saturated rings. The summed E-state index contributed by atoms with van der Waals surface area (Å²) >= 11 is 0. The Balaban J connectivity index is 2.57. The fourth-order valence-corrected chi connectivity index (χ4v) is 1.36. The molecule has 1 aromatic rings. The van der Waals surface area contributed by atoms with Crippen molar-refractivity contribution in [3.8, 4) is 17.6 Å². The smallest absolute Gasteiger partial charge is 0.257 e. The van der Waals surface area contributed by atoms with Crippen LogP contribution in [0.4, 0.5) is 0 Å². The molecule has 0 heterocycles. The van der Waals surface area contributed by atoms with Crippen LogP contribution in [0.2, 0.25) is 0 Å². The van der Waals surface area contributed by atoms with E-state index in [1.807, 2.05) is 19.9 Å². The molecule has 1 rings (SSSR count). The zero-order valence-electron chi connectivity index (χ0n) is 11.4. The topological polar surface area (TPSA) is 71.3 Å². The molecule has 0 aromatic heterocycles. The zero-order valence-corrected chi connectivity index (χ0v) is 11.4. The van der Waals surface area contributed by atoms with Gasteiger partial charge in [0.1, 0.15) is 11.5 Å². The van der Waals surface area contributed by atoms with Gasteiger partial charge in [0.2, 0.25) is 0 Å². The van der Waals surface area contributed by atoms with Crippen LogP contribution in [0.25, 0.3) is 0 Å². The third kappa shape index (κ3) is 5.30. The first-order valence-electron chi connectivity index (χ1n) is 6.04. The largest absolute Gasteiger partial charge is 0.497 e. The Kier molecular flexibility index (Phi) is 5.68. The molecule has 0 atom stereocenters. The molecule has 5 heteroatoms. The molecule has 19 heavy (non-hydrogen) atoms. The predicted molar refractivity (Wildman–Crippen MR) is 71.1 cm³/mol. The zero-order chi connectivity index (χ0) is 14.3. The van der Waals surface area contributed by atoms with E-state index in [9.17, 15) is 4.79 Å². The highest BCUT2D eigenvalue weighted by Crippen LogP contribution is 2.22. The van der Waals surface area contributed by atoms with Gasteiger partial charge in [0.25, 0.3) is 5.91 Å². The molecule has 0 saturated carbocycles. The summed E-state index contributed by atoms with van der Waals surface area (Å²) in [5, 5.41) is 11.6. The standard InChI is InChI=1S/C14H18N2O3/c1-10(2)8-16-14(17)9-19-13-5-11(7-15)4-12(6-13)18-3/h4-6,10H,8-9H2,1-3H3,(H,16,17). The minimum Gasteiger partial charge on any atom is -0.497 e. The van der Waals surface area contributed by atoms with Crippen LogP contribution in [0.15, 0.2) is 18.2 Å². The molecule has 5 nitrogen and oxygen atoms in total. The molecule has 1 aromatic carbocycles.